The molecule has 0 saturated heterocycles. The van der Waals surface area contributed by atoms with E-state index in [0.29, 0.717) is 12.0 Å². The lowest BCUT2D eigenvalue weighted by Crippen LogP contribution is -2.43. The maximum Gasteiger partial charge on any atom is 0.329 e. The van der Waals surface area contributed by atoms with E-state index in [1.54, 1.807) is 33.0 Å². The number of hydrogen-bond donors (Lipinski definition) is 1. The molecule has 1 atom stereocenters. The Bertz CT molecular complexity index is 650. The summed E-state index contributed by atoms with van der Waals surface area (Å²) in [5, 5.41) is 2.74. The Morgan fingerprint density at radius 1 is 1.32 bits per heavy atom. The third-order valence-electron chi connectivity index (χ3n) is 3.17. The van der Waals surface area contributed by atoms with E-state index in [1.807, 2.05) is 35.7 Å². The van der Waals surface area contributed by atoms with Crippen molar-refractivity contribution in [2.45, 2.75) is 45.8 Å². The molecule has 0 aliphatic rings. The second-order valence-electron chi connectivity index (χ2n) is 6.23. The number of nitrogens with one attached hydrogen (secondary N) is 1. The van der Waals surface area contributed by atoms with Crippen molar-refractivity contribution in [2.75, 3.05) is 0 Å². The van der Waals surface area contributed by atoms with Crippen molar-refractivity contribution in [1.29, 1.82) is 0 Å². The molecule has 2 heterocycles. The van der Waals surface area contributed by atoms with Crippen molar-refractivity contribution in [3.05, 3.63) is 42.2 Å². The SMILES string of the molecule is CC[C@H](NC(=O)c1cc2ccccn2c1)C(=O)OC(C)(C)C. The summed E-state index contributed by atoms with van der Waals surface area (Å²) in [5.41, 5.74) is 0.881. The van der Waals surface area contributed by atoms with Crippen molar-refractivity contribution in [1.82, 2.24) is 9.72 Å². The van der Waals surface area contributed by atoms with E-state index in [-0.39, 0.29) is 5.91 Å². The molecule has 5 nitrogen and oxygen atoms in total. The van der Waals surface area contributed by atoms with Crippen LogP contribution in [0.15, 0.2) is 36.7 Å². The first-order chi connectivity index (χ1) is 10.3. The molecule has 0 spiro atoms. The number of aromatic nitrogens is 1. The van der Waals surface area contributed by atoms with Crippen LogP contribution in [0.2, 0.25) is 0 Å². The van der Waals surface area contributed by atoms with Gasteiger partial charge in [-0.15, -0.1) is 0 Å². The van der Waals surface area contributed by atoms with Crippen LogP contribution in [0.25, 0.3) is 5.52 Å². The van der Waals surface area contributed by atoms with Gasteiger partial charge in [0.05, 0.1) is 5.56 Å². The predicted octanol–water partition coefficient (Wildman–Crippen LogP) is 2.79. The fraction of sp³-hybridized carbons (Fsp3) is 0.412. The Labute approximate surface area is 130 Å². The van der Waals surface area contributed by atoms with E-state index in [2.05, 4.69) is 5.32 Å². The van der Waals surface area contributed by atoms with Crippen molar-refractivity contribution in [2.24, 2.45) is 0 Å². The molecule has 118 valence electrons. The summed E-state index contributed by atoms with van der Waals surface area (Å²) < 4.78 is 7.19. The first-order valence-electron chi connectivity index (χ1n) is 7.40. The minimum Gasteiger partial charge on any atom is -0.458 e. The summed E-state index contributed by atoms with van der Waals surface area (Å²) in [5.74, 6) is -0.687. The van der Waals surface area contributed by atoms with Crippen LogP contribution in [0.5, 0.6) is 0 Å². The number of nitrogens with zero attached hydrogens (tertiary/aromatic N) is 1. The minimum absolute atomic E-state index is 0.276. The molecule has 0 aromatic carbocycles. The Balaban J connectivity index is 2.10. The number of hydrogen-bond acceptors (Lipinski definition) is 3. The average Bonchev–Trinajstić information content (AvgIpc) is 2.86. The molecule has 22 heavy (non-hydrogen) atoms. The number of fused-ring (bicyclic) bond motifs is 1. The van der Waals surface area contributed by atoms with E-state index in [4.69, 9.17) is 4.74 Å². The maximum atomic E-state index is 12.3. The molecule has 0 bridgehead atoms. The predicted molar refractivity (Wildman–Crippen MR) is 84.8 cm³/mol. The molecular formula is C17H22N2O3. The van der Waals surface area contributed by atoms with Gasteiger partial charge in [-0.3, -0.25) is 4.79 Å². The normalized spacial score (nSPS) is 12.9. The summed E-state index contributed by atoms with van der Waals surface area (Å²) in [6.45, 7) is 7.26. The second-order valence-corrected chi connectivity index (χ2v) is 6.23. The van der Waals surface area contributed by atoms with Gasteiger partial charge in [-0.2, -0.15) is 0 Å². The van der Waals surface area contributed by atoms with E-state index in [0.717, 1.165) is 5.52 Å². The van der Waals surface area contributed by atoms with Crippen LogP contribution < -0.4 is 5.32 Å². The zero-order valence-corrected chi connectivity index (χ0v) is 13.4. The lowest BCUT2D eigenvalue weighted by atomic mass is 10.1. The maximum absolute atomic E-state index is 12.3. The summed E-state index contributed by atoms with van der Waals surface area (Å²) in [7, 11) is 0. The first kappa shape index (κ1) is 16.1. The molecule has 0 radical (unpaired) electrons. The van der Waals surface area contributed by atoms with Crippen molar-refractivity contribution < 1.29 is 14.3 Å². The topological polar surface area (TPSA) is 59.8 Å². The van der Waals surface area contributed by atoms with Crippen molar-refractivity contribution >= 4 is 17.4 Å². The lowest BCUT2D eigenvalue weighted by Gasteiger charge is -2.23. The number of esters is 1. The van der Waals surface area contributed by atoms with Crippen molar-refractivity contribution in [3.63, 3.8) is 0 Å². The highest BCUT2D eigenvalue weighted by Gasteiger charge is 2.25. The summed E-state index contributed by atoms with van der Waals surface area (Å²) in [6, 6.07) is 6.87. The molecule has 5 heteroatoms. The molecule has 0 unspecified atom stereocenters. The third kappa shape index (κ3) is 3.87. The Kier molecular flexibility index (Phi) is 4.54. The standard InChI is InChI=1S/C17H22N2O3/c1-5-14(16(21)22-17(2,3)4)18-15(20)12-10-13-8-6-7-9-19(13)11-12/h6-11,14H,5H2,1-4H3,(H,18,20)/t14-/m0/s1. The quantitative estimate of drug-likeness (QED) is 0.883. The second kappa shape index (κ2) is 6.22. The molecule has 1 N–H and O–H groups in total. The van der Waals surface area contributed by atoms with Gasteiger partial charge in [0.1, 0.15) is 11.6 Å². The highest BCUT2D eigenvalue weighted by atomic mass is 16.6. The third-order valence-corrected chi connectivity index (χ3v) is 3.17. The van der Waals surface area contributed by atoms with Crippen LogP contribution in [-0.4, -0.2) is 27.9 Å². The number of amides is 1. The van der Waals surface area contributed by atoms with Crippen LogP contribution in [-0.2, 0) is 9.53 Å². The number of pyridine rings is 1. The highest BCUT2D eigenvalue weighted by Crippen LogP contribution is 2.12. The molecule has 1 amide bonds. The van der Waals surface area contributed by atoms with Gasteiger partial charge < -0.3 is 14.5 Å². The van der Waals surface area contributed by atoms with Crippen LogP contribution in [0.1, 0.15) is 44.5 Å². The Hall–Kier alpha value is -2.30. The van der Waals surface area contributed by atoms with Gasteiger partial charge in [-0.25, -0.2) is 4.79 Å². The molecule has 0 saturated carbocycles. The summed E-state index contributed by atoms with van der Waals surface area (Å²) >= 11 is 0. The molecule has 2 rings (SSSR count). The number of carbonyl (C=O) groups excluding carboxylic acids is 2. The Morgan fingerprint density at radius 2 is 2.05 bits per heavy atom. The van der Waals surface area contributed by atoms with Crippen LogP contribution in [0.3, 0.4) is 0 Å². The first-order valence-corrected chi connectivity index (χ1v) is 7.40. The van der Waals surface area contributed by atoms with Gasteiger partial charge in [0.25, 0.3) is 5.91 Å². The molecule has 2 aromatic heterocycles. The van der Waals surface area contributed by atoms with E-state index in [1.165, 1.54) is 0 Å². The van der Waals surface area contributed by atoms with Gasteiger partial charge in [-0.1, -0.05) is 13.0 Å². The highest BCUT2D eigenvalue weighted by molar-refractivity contribution is 5.97. The zero-order chi connectivity index (χ0) is 16.3. The van der Waals surface area contributed by atoms with Crippen molar-refractivity contribution in [3.8, 4) is 0 Å². The van der Waals surface area contributed by atoms with E-state index < -0.39 is 17.6 Å². The smallest absolute Gasteiger partial charge is 0.329 e. The van der Waals surface area contributed by atoms with E-state index >= 15 is 0 Å². The number of carbonyl (C=O) groups is 2. The Morgan fingerprint density at radius 3 is 2.64 bits per heavy atom. The van der Waals surface area contributed by atoms with Gasteiger partial charge in [0, 0.05) is 17.9 Å². The fourth-order valence-corrected chi connectivity index (χ4v) is 2.12. The van der Waals surface area contributed by atoms with E-state index in [9.17, 15) is 9.59 Å². The molecule has 0 aliphatic carbocycles. The molecule has 0 fully saturated rings. The minimum atomic E-state index is -0.644. The van der Waals surface area contributed by atoms with Gasteiger partial charge >= 0.3 is 5.97 Å². The van der Waals surface area contributed by atoms with Gasteiger partial charge in [0.2, 0.25) is 0 Å². The monoisotopic (exact) mass is 302 g/mol. The number of rotatable bonds is 4. The lowest BCUT2D eigenvalue weighted by molar-refractivity contribution is -0.157. The summed E-state index contributed by atoms with van der Waals surface area (Å²) in [6.07, 6.45) is 4.10. The molecular weight excluding hydrogens is 280 g/mol. The van der Waals surface area contributed by atoms with Crippen LogP contribution >= 0.6 is 0 Å². The molecule has 2 aromatic rings. The van der Waals surface area contributed by atoms with Crippen LogP contribution in [0, 0.1) is 0 Å². The van der Waals surface area contributed by atoms with Crippen LogP contribution in [0.4, 0.5) is 0 Å². The zero-order valence-electron chi connectivity index (χ0n) is 13.4. The average molecular weight is 302 g/mol. The number of ether oxygens (including phenoxy) is 1. The molecule has 0 aliphatic heterocycles. The van der Waals surface area contributed by atoms with Gasteiger partial charge in [0.15, 0.2) is 0 Å². The summed E-state index contributed by atoms with van der Waals surface area (Å²) in [4.78, 5) is 24.4. The fourth-order valence-electron chi connectivity index (χ4n) is 2.12. The van der Waals surface area contributed by atoms with Gasteiger partial charge in [-0.05, 0) is 45.4 Å². The largest absolute Gasteiger partial charge is 0.458 e.